The van der Waals surface area contributed by atoms with Crippen LogP contribution < -0.4 is 0 Å². The third-order valence-electron chi connectivity index (χ3n) is 3.62. The van der Waals surface area contributed by atoms with Gasteiger partial charge in [0, 0.05) is 24.4 Å². The number of amides is 1. The van der Waals surface area contributed by atoms with Crippen LogP contribution in [0.15, 0.2) is 30.3 Å². The molecule has 17 heavy (non-hydrogen) atoms. The summed E-state index contributed by atoms with van der Waals surface area (Å²) in [5, 5.41) is 0. The van der Waals surface area contributed by atoms with Crippen LogP contribution >= 0.6 is 0 Å². The summed E-state index contributed by atoms with van der Waals surface area (Å²) in [6, 6.07) is 10.9. The minimum atomic E-state index is 0.104. The summed E-state index contributed by atoms with van der Waals surface area (Å²) in [6.07, 6.45) is 1.09. The Balaban J connectivity index is 2.10. The van der Waals surface area contributed by atoms with Crippen molar-refractivity contribution in [2.75, 3.05) is 6.54 Å². The van der Waals surface area contributed by atoms with E-state index < -0.39 is 0 Å². The van der Waals surface area contributed by atoms with Crippen molar-refractivity contribution in [1.82, 2.24) is 4.90 Å². The number of benzene rings is 1. The fourth-order valence-electron chi connectivity index (χ4n) is 2.64. The van der Waals surface area contributed by atoms with Gasteiger partial charge in [-0.3, -0.25) is 4.79 Å². The first-order valence-corrected chi connectivity index (χ1v) is 6.45. The van der Waals surface area contributed by atoms with Gasteiger partial charge < -0.3 is 4.90 Å². The second kappa shape index (κ2) is 4.91. The van der Waals surface area contributed by atoms with E-state index in [0.717, 1.165) is 13.0 Å². The summed E-state index contributed by atoms with van der Waals surface area (Å²) in [6.45, 7) is 6.99. The molecule has 2 atom stereocenters. The summed E-state index contributed by atoms with van der Waals surface area (Å²) in [4.78, 5) is 14.1. The van der Waals surface area contributed by atoms with E-state index in [4.69, 9.17) is 0 Å². The first-order valence-electron chi connectivity index (χ1n) is 6.45. The molecule has 1 aromatic rings. The quantitative estimate of drug-likeness (QED) is 0.766. The van der Waals surface area contributed by atoms with Gasteiger partial charge in [0.1, 0.15) is 0 Å². The molecular formula is C15H21NO. The Morgan fingerprint density at radius 2 is 1.94 bits per heavy atom. The lowest BCUT2D eigenvalue weighted by molar-refractivity contribution is -0.135. The third kappa shape index (κ3) is 2.51. The first kappa shape index (κ1) is 12.2. The maximum Gasteiger partial charge on any atom is 0.225 e. The summed E-state index contributed by atoms with van der Waals surface area (Å²) < 4.78 is 0. The summed E-state index contributed by atoms with van der Waals surface area (Å²) >= 11 is 0. The molecule has 0 aromatic heterocycles. The SMILES string of the molecule is CC(C)C(=O)N1CC(c2ccccc2)CC1C. The van der Waals surface area contributed by atoms with Gasteiger partial charge in [0.05, 0.1) is 0 Å². The van der Waals surface area contributed by atoms with Gasteiger partial charge in [-0.1, -0.05) is 44.2 Å². The van der Waals surface area contributed by atoms with Gasteiger partial charge in [-0.2, -0.15) is 0 Å². The molecule has 0 N–H and O–H groups in total. The number of hydrogen-bond acceptors (Lipinski definition) is 1. The Hall–Kier alpha value is -1.31. The standard InChI is InChI=1S/C15H21NO/c1-11(2)15(17)16-10-14(9-12(16)3)13-7-5-4-6-8-13/h4-8,11-12,14H,9-10H2,1-3H3. The Morgan fingerprint density at radius 3 is 2.53 bits per heavy atom. The number of hydrogen-bond donors (Lipinski definition) is 0. The molecule has 92 valence electrons. The highest BCUT2D eigenvalue weighted by molar-refractivity contribution is 5.78. The van der Waals surface area contributed by atoms with Crippen LogP contribution in [0.1, 0.15) is 38.7 Å². The van der Waals surface area contributed by atoms with Gasteiger partial charge in [-0.25, -0.2) is 0 Å². The van der Waals surface area contributed by atoms with Gasteiger partial charge in [-0.05, 0) is 18.9 Å². The maximum atomic E-state index is 12.1. The van der Waals surface area contributed by atoms with Crippen LogP contribution in [0, 0.1) is 5.92 Å². The molecule has 1 saturated heterocycles. The monoisotopic (exact) mass is 231 g/mol. The zero-order chi connectivity index (χ0) is 12.4. The summed E-state index contributed by atoms with van der Waals surface area (Å²) in [5.41, 5.74) is 1.36. The van der Waals surface area contributed by atoms with Gasteiger partial charge in [0.15, 0.2) is 0 Å². The minimum absolute atomic E-state index is 0.104. The molecule has 2 rings (SSSR count). The van der Waals surface area contributed by atoms with Crippen molar-refractivity contribution in [3.63, 3.8) is 0 Å². The highest BCUT2D eigenvalue weighted by atomic mass is 16.2. The van der Waals surface area contributed by atoms with Crippen molar-refractivity contribution >= 4 is 5.91 Å². The van der Waals surface area contributed by atoms with Crippen molar-refractivity contribution in [2.24, 2.45) is 5.92 Å². The van der Waals surface area contributed by atoms with Crippen LogP contribution in [0.25, 0.3) is 0 Å². The highest BCUT2D eigenvalue weighted by Gasteiger charge is 2.33. The van der Waals surface area contributed by atoms with E-state index in [9.17, 15) is 4.79 Å². The molecule has 0 spiro atoms. The van der Waals surface area contributed by atoms with E-state index in [2.05, 4.69) is 31.2 Å². The lowest BCUT2D eigenvalue weighted by Gasteiger charge is -2.23. The number of carbonyl (C=O) groups is 1. The van der Waals surface area contributed by atoms with E-state index in [0.29, 0.717) is 12.0 Å². The average Bonchev–Trinajstić information content (AvgIpc) is 2.71. The molecular weight excluding hydrogens is 210 g/mol. The lowest BCUT2D eigenvalue weighted by Crippen LogP contribution is -2.36. The van der Waals surface area contributed by atoms with Crippen LogP contribution in [-0.2, 0) is 4.79 Å². The lowest BCUT2D eigenvalue weighted by atomic mass is 9.97. The summed E-state index contributed by atoms with van der Waals surface area (Å²) in [7, 11) is 0. The van der Waals surface area contributed by atoms with Crippen LogP contribution in [0.4, 0.5) is 0 Å². The topological polar surface area (TPSA) is 20.3 Å². The second-order valence-corrected chi connectivity index (χ2v) is 5.34. The molecule has 0 aliphatic carbocycles. The van der Waals surface area contributed by atoms with Gasteiger partial charge in [-0.15, -0.1) is 0 Å². The molecule has 1 fully saturated rings. The van der Waals surface area contributed by atoms with E-state index in [-0.39, 0.29) is 11.8 Å². The Labute approximate surface area is 104 Å². The molecule has 1 heterocycles. The zero-order valence-corrected chi connectivity index (χ0v) is 10.9. The van der Waals surface area contributed by atoms with E-state index in [1.54, 1.807) is 0 Å². The van der Waals surface area contributed by atoms with Crippen molar-refractivity contribution in [1.29, 1.82) is 0 Å². The molecule has 0 bridgehead atoms. The first-order chi connectivity index (χ1) is 8.09. The number of likely N-dealkylation sites (tertiary alicyclic amines) is 1. The van der Waals surface area contributed by atoms with Crippen LogP contribution in [0.5, 0.6) is 0 Å². The average molecular weight is 231 g/mol. The van der Waals surface area contributed by atoms with Gasteiger partial charge >= 0.3 is 0 Å². The molecule has 1 aliphatic rings. The second-order valence-electron chi connectivity index (χ2n) is 5.34. The van der Waals surface area contributed by atoms with Crippen molar-refractivity contribution < 1.29 is 4.79 Å². The largest absolute Gasteiger partial charge is 0.339 e. The summed E-state index contributed by atoms with van der Waals surface area (Å²) in [5.74, 6) is 0.900. The van der Waals surface area contributed by atoms with Gasteiger partial charge in [0.25, 0.3) is 0 Å². The molecule has 0 saturated carbocycles. The molecule has 2 heteroatoms. The van der Waals surface area contributed by atoms with E-state index in [1.165, 1.54) is 5.56 Å². The molecule has 0 radical (unpaired) electrons. The minimum Gasteiger partial charge on any atom is -0.339 e. The Kier molecular flexibility index (Phi) is 3.51. The van der Waals surface area contributed by atoms with E-state index >= 15 is 0 Å². The number of rotatable bonds is 2. The van der Waals surface area contributed by atoms with Crippen molar-refractivity contribution in [3.05, 3.63) is 35.9 Å². The van der Waals surface area contributed by atoms with E-state index in [1.807, 2.05) is 24.8 Å². The predicted octanol–water partition coefficient (Wildman–Crippen LogP) is 3.05. The Morgan fingerprint density at radius 1 is 1.29 bits per heavy atom. The molecule has 1 amide bonds. The maximum absolute atomic E-state index is 12.1. The third-order valence-corrected chi connectivity index (χ3v) is 3.62. The number of nitrogens with zero attached hydrogens (tertiary/aromatic N) is 1. The molecule has 2 nitrogen and oxygen atoms in total. The fraction of sp³-hybridized carbons (Fsp3) is 0.533. The molecule has 1 aromatic carbocycles. The van der Waals surface area contributed by atoms with Gasteiger partial charge in [0.2, 0.25) is 5.91 Å². The highest BCUT2D eigenvalue weighted by Crippen LogP contribution is 2.32. The normalized spacial score (nSPS) is 24.4. The number of carbonyl (C=O) groups excluding carboxylic acids is 1. The molecule has 2 unspecified atom stereocenters. The van der Waals surface area contributed by atoms with Crippen molar-refractivity contribution in [3.8, 4) is 0 Å². The zero-order valence-electron chi connectivity index (χ0n) is 10.9. The van der Waals surface area contributed by atoms with Crippen LogP contribution in [0.2, 0.25) is 0 Å². The predicted molar refractivity (Wildman–Crippen MR) is 69.8 cm³/mol. The molecule has 1 aliphatic heterocycles. The van der Waals surface area contributed by atoms with Crippen molar-refractivity contribution in [2.45, 2.75) is 39.2 Å². The Bertz CT molecular complexity index is 385. The van der Waals surface area contributed by atoms with Crippen LogP contribution in [0.3, 0.4) is 0 Å². The fourth-order valence-corrected chi connectivity index (χ4v) is 2.64. The smallest absolute Gasteiger partial charge is 0.225 e. The van der Waals surface area contributed by atoms with Crippen LogP contribution in [-0.4, -0.2) is 23.4 Å².